The first-order valence-corrected chi connectivity index (χ1v) is 13.5. The third kappa shape index (κ3) is 9.38. The highest BCUT2D eigenvalue weighted by molar-refractivity contribution is 8.00. The van der Waals surface area contributed by atoms with E-state index in [-0.39, 0.29) is 23.5 Å². The summed E-state index contributed by atoms with van der Waals surface area (Å²) in [7, 11) is 0. The number of anilines is 1. The Labute approximate surface area is 230 Å². The number of hydrogen-bond acceptors (Lipinski definition) is 7. The van der Waals surface area contributed by atoms with Crippen molar-refractivity contribution in [2.75, 3.05) is 11.4 Å². The number of rotatable bonds is 11. The Morgan fingerprint density at radius 2 is 1.76 bits per heavy atom. The average molecular weight is 532 g/mol. The Morgan fingerprint density at radius 3 is 2.39 bits per heavy atom. The molecular formula is C31H37N3O3S. The van der Waals surface area contributed by atoms with Gasteiger partial charge in [-0.3, -0.25) is 4.79 Å². The number of aliphatic hydroxyl groups is 1. The maximum absolute atomic E-state index is 12.3. The van der Waals surface area contributed by atoms with Gasteiger partial charge in [0.05, 0.1) is 12.2 Å². The van der Waals surface area contributed by atoms with E-state index in [4.69, 9.17) is 4.74 Å². The number of benzene rings is 2. The van der Waals surface area contributed by atoms with Gasteiger partial charge in [0, 0.05) is 23.9 Å². The standard InChI is InChI=1S/C31H37N3O3S/c1-7-8-27(35)20-34(29-18-26(32-21-33-29)17-24-11-9-22(2)10-12-24)19-25-13-15-28(16-14-25)38-23(3)30(36)37-31(4,5)6/h7-16,18,21,23,35H,1,17,19-20H2,2-6H3/b27-8-. The molecule has 0 aliphatic rings. The van der Waals surface area contributed by atoms with Crippen molar-refractivity contribution in [2.24, 2.45) is 0 Å². The van der Waals surface area contributed by atoms with Crippen LogP contribution < -0.4 is 4.90 Å². The fourth-order valence-electron chi connectivity index (χ4n) is 3.70. The molecule has 0 fully saturated rings. The van der Waals surface area contributed by atoms with Crippen LogP contribution in [0.15, 0.2) is 90.3 Å². The molecule has 0 bridgehead atoms. The van der Waals surface area contributed by atoms with E-state index in [1.807, 2.05) is 62.9 Å². The quantitative estimate of drug-likeness (QED) is 0.126. The summed E-state index contributed by atoms with van der Waals surface area (Å²) >= 11 is 1.47. The van der Waals surface area contributed by atoms with Crippen LogP contribution in [0, 0.1) is 6.92 Å². The van der Waals surface area contributed by atoms with Crippen LogP contribution in [0.4, 0.5) is 5.82 Å². The molecular weight excluding hydrogens is 494 g/mol. The summed E-state index contributed by atoms with van der Waals surface area (Å²) < 4.78 is 5.49. The summed E-state index contributed by atoms with van der Waals surface area (Å²) in [5.41, 5.74) is 3.83. The van der Waals surface area contributed by atoms with Crippen molar-refractivity contribution in [1.82, 2.24) is 9.97 Å². The largest absolute Gasteiger partial charge is 0.510 e. The summed E-state index contributed by atoms with van der Waals surface area (Å²) in [6, 6.07) is 18.4. The lowest BCUT2D eigenvalue weighted by Crippen LogP contribution is -2.28. The van der Waals surface area contributed by atoms with Crippen LogP contribution in [-0.2, 0) is 22.5 Å². The molecule has 0 aliphatic carbocycles. The van der Waals surface area contributed by atoms with Gasteiger partial charge < -0.3 is 14.7 Å². The van der Waals surface area contributed by atoms with E-state index in [0.29, 0.717) is 13.0 Å². The van der Waals surface area contributed by atoms with Crippen LogP contribution in [0.1, 0.15) is 50.1 Å². The second-order valence-corrected chi connectivity index (χ2v) is 11.6. The second-order valence-electron chi connectivity index (χ2n) is 10.2. The SMILES string of the molecule is C=C/C=C(\O)CN(Cc1ccc(SC(C)C(=O)OC(C)(C)C)cc1)c1cc(Cc2ccc(C)cc2)ncn1. The van der Waals surface area contributed by atoms with E-state index >= 15 is 0 Å². The van der Waals surface area contributed by atoms with E-state index in [1.54, 1.807) is 18.5 Å². The van der Waals surface area contributed by atoms with Crippen LogP contribution in [0.25, 0.3) is 0 Å². The summed E-state index contributed by atoms with van der Waals surface area (Å²) in [4.78, 5) is 24.3. The molecule has 38 heavy (non-hydrogen) atoms. The van der Waals surface area contributed by atoms with Crippen molar-refractivity contribution in [3.63, 3.8) is 0 Å². The maximum Gasteiger partial charge on any atom is 0.319 e. The lowest BCUT2D eigenvalue weighted by molar-refractivity contribution is -0.153. The number of carbonyl (C=O) groups excluding carboxylic acids is 1. The number of aryl methyl sites for hydroxylation is 1. The predicted molar refractivity (Wildman–Crippen MR) is 156 cm³/mol. The van der Waals surface area contributed by atoms with Crippen molar-refractivity contribution in [2.45, 2.75) is 63.3 Å². The van der Waals surface area contributed by atoms with Gasteiger partial charge in [0.15, 0.2) is 0 Å². The van der Waals surface area contributed by atoms with E-state index in [0.717, 1.165) is 22.0 Å². The van der Waals surface area contributed by atoms with E-state index in [1.165, 1.54) is 22.9 Å². The normalized spacial score (nSPS) is 12.6. The molecule has 0 aliphatic heterocycles. The molecule has 0 saturated heterocycles. The number of hydrogen-bond donors (Lipinski definition) is 1. The Morgan fingerprint density at radius 1 is 1.11 bits per heavy atom. The smallest absolute Gasteiger partial charge is 0.319 e. The predicted octanol–water partition coefficient (Wildman–Crippen LogP) is 6.83. The molecule has 3 rings (SSSR count). The lowest BCUT2D eigenvalue weighted by Gasteiger charge is -2.24. The van der Waals surface area contributed by atoms with E-state index in [2.05, 4.69) is 47.7 Å². The molecule has 0 saturated carbocycles. The van der Waals surface area contributed by atoms with Gasteiger partial charge in [-0.1, -0.05) is 54.6 Å². The number of thioether (sulfide) groups is 1. The summed E-state index contributed by atoms with van der Waals surface area (Å²) in [6.07, 6.45) is 5.41. The van der Waals surface area contributed by atoms with Gasteiger partial charge in [-0.25, -0.2) is 9.97 Å². The third-order valence-electron chi connectivity index (χ3n) is 5.55. The van der Waals surface area contributed by atoms with Gasteiger partial charge >= 0.3 is 5.97 Å². The molecule has 7 heteroatoms. The third-order valence-corrected chi connectivity index (χ3v) is 6.64. The Kier molecular flexibility index (Phi) is 10.1. The first-order valence-electron chi connectivity index (χ1n) is 12.6. The van der Waals surface area contributed by atoms with Crippen molar-refractivity contribution in [1.29, 1.82) is 0 Å². The minimum absolute atomic E-state index is 0.192. The highest BCUT2D eigenvalue weighted by Gasteiger charge is 2.22. The molecule has 0 radical (unpaired) electrons. The van der Waals surface area contributed by atoms with Gasteiger partial charge in [0.25, 0.3) is 0 Å². The average Bonchev–Trinajstić information content (AvgIpc) is 2.85. The van der Waals surface area contributed by atoms with Crippen LogP contribution in [-0.4, -0.2) is 38.4 Å². The fraction of sp³-hybridized carbons (Fsp3) is 0.323. The van der Waals surface area contributed by atoms with Crippen molar-refractivity contribution >= 4 is 23.5 Å². The molecule has 1 aromatic heterocycles. The molecule has 1 N–H and O–H groups in total. The second kappa shape index (κ2) is 13.3. The molecule has 0 spiro atoms. The monoisotopic (exact) mass is 531 g/mol. The molecule has 3 aromatic rings. The van der Waals surface area contributed by atoms with E-state index in [9.17, 15) is 9.90 Å². The number of ether oxygens (including phenoxy) is 1. The number of aromatic nitrogens is 2. The molecule has 0 amide bonds. The first-order chi connectivity index (χ1) is 18.0. The Hall–Kier alpha value is -3.58. The van der Waals surface area contributed by atoms with Gasteiger partial charge in [-0.05, 0) is 64.0 Å². The van der Waals surface area contributed by atoms with Crippen LogP contribution in [0.2, 0.25) is 0 Å². The van der Waals surface area contributed by atoms with Crippen LogP contribution >= 0.6 is 11.8 Å². The van der Waals surface area contributed by atoms with Crippen molar-refractivity contribution in [3.8, 4) is 0 Å². The van der Waals surface area contributed by atoms with Crippen LogP contribution in [0.3, 0.4) is 0 Å². The van der Waals surface area contributed by atoms with Crippen molar-refractivity contribution < 1.29 is 14.6 Å². The number of nitrogens with zero attached hydrogens (tertiary/aromatic N) is 3. The highest BCUT2D eigenvalue weighted by Crippen LogP contribution is 2.26. The maximum atomic E-state index is 12.3. The molecule has 1 unspecified atom stereocenters. The molecule has 200 valence electrons. The highest BCUT2D eigenvalue weighted by atomic mass is 32.2. The lowest BCUT2D eigenvalue weighted by atomic mass is 10.1. The molecule has 1 heterocycles. The minimum atomic E-state index is -0.508. The fourth-order valence-corrected chi connectivity index (χ4v) is 4.55. The number of aliphatic hydroxyl groups excluding tert-OH is 1. The summed E-state index contributed by atoms with van der Waals surface area (Å²) in [5.74, 6) is 0.688. The topological polar surface area (TPSA) is 75.5 Å². The van der Waals surface area contributed by atoms with Gasteiger partial charge in [0.2, 0.25) is 0 Å². The van der Waals surface area contributed by atoms with Gasteiger partial charge in [0.1, 0.15) is 28.8 Å². The number of carbonyl (C=O) groups is 1. The molecule has 6 nitrogen and oxygen atoms in total. The van der Waals surface area contributed by atoms with Crippen LogP contribution in [0.5, 0.6) is 0 Å². The molecule has 1 atom stereocenters. The summed E-state index contributed by atoms with van der Waals surface area (Å²) in [6.45, 7) is 14.0. The van der Waals surface area contributed by atoms with Gasteiger partial charge in [-0.2, -0.15) is 0 Å². The van der Waals surface area contributed by atoms with Crippen molar-refractivity contribution in [3.05, 3.63) is 108 Å². The van der Waals surface area contributed by atoms with E-state index < -0.39 is 5.60 Å². The first kappa shape index (κ1) is 29.0. The zero-order chi connectivity index (χ0) is 27.7. The van der Waals surface area contributed by atoms with Gasteiger partial charge in [-0.15, -0.1) is 11.8 Å². The Bertz CT molecular complexity index is 1250. The molecule has 2 aromatic carbocycles. The zero-order valence-corrected chi connectivity index (χ0v) is 23.7. The zero-order valence-electron chi connectivity index (χ0n) is 22.8. The number of esters is 1. The number of allylic oxidation sites excluding steroid dienone is 2. The minimum Gasteiger partial charge on any atom is -0.510 e. The summed E-state index contributed by atoms with van der Waals surface area (Å²) in [5, 5.41) is 10.1. The Balaban J connectivity index is 1.75.